The molecule has 1 atom stereocenters. The summed E-state index contributed by atoms with van der Waals surface area (Å²) < 4.78 is 12.9. The predicted molar refractivity (Wildman–Crippen MR) is 82.3 cm³/mol. The Balaban J connectivity index is 2.11. The molecule has 2 heteroatoms. The lowest BCUT2D eigenvalue weighted by Crippen LogP contribution is -2.20. The Bertz CT molecular complexity index is 540. The Hall–Kier alpha value is -1.67. The van der Waals surface area contributed by atoms with Crippen LogP contribution in [0, 0.1) is 25.6 Å². The van der Waals surface area contributed by atoms with E-state index in [2.05, 4.69) is 32.0 Å². The standard InChI is InChI=1S/C18H22FN/c1-13-4-3-5-14(2)18(13)11-16(12-20)10-15-6-8-17(19)9-7-15/h3-9,16H,10-12,20H2,1-2H3. The topological polar surface area (TPSA) is 26.0 Å². The first-order valence-electron chi connectivity index (χ1n) is 7.09. The summed E-state index contributed by atoms with van der Waals surface area (Å²) in [5.74, 6) is 0.202. The lowest BCUT2D eigenvalue weighted by Gasteiger charge is -2.18. The maximum Gasteiger partial charge on any atom is 0.123 e. The Morgan fingerprint density at radius 2 is 1.55 bits per heavy atom. The zero-order chi connectivity index (χ0) is 14.5. The van der Waals surface area contributed by atoms with Crippen molar-refractivity contribution >= 4 is 0 Å². The number of nitrogens with two attached hydrogens (primary N) is 1. The van der Waals surface area contributed by atoms with Gasteiger partial charge in [0.1, 0.15) is 5.82 Å². The summed E-state index contributed by atoms with van der Waals surface area (Å²) in [6.45, 7) is 4.94. The number of hydrogen-bond acceptors (Lipinski definition) is 1. The fourth-order valence-corrected chi connectivity index (χ4v) is 2.65. The average molecular weight is 271 g/mol. The van der Waals surface area contributed by atoms with Crippen LogP contribution in [0.25, 0.3) is 0 Å². The van der Waals surface area contributed by atoms with Gasteiger partial charge in [-0.2, -0.15) is 0 Å². The van der Waals surface area contributed by atoms with Gasteiger partial charge in [-0.3, -0.25) is 0 Å². The fraction of sp³-hybridized carbons (Fsp3) is 0.333. The molecule has 2 N–H and O–H groups in total. The van der Waals surface area contributed by atoms with Crippen LogP contribution in [0.4, 0.5) is 4.39 Å². The van der Waals surface area contributed by atoms with Crippen LogP contribution in [0.2, 0.25) is 0 Å². The summed E-state index contributed by atoms with van der Waals surface area (Å²) in [5, 5.41) is 0. The van der Waals surface area contributed by atoms with E-state index in [0.29, 0.717) is 12.5 Å². The average Bonchev–Trinajstić information content (AvgIpc) is 2.44. The van der Waals surface area contributed by atoms with E-state index in [4.69, 9.17) is 5.73 Å². The van der Waals surface area contributed by atoms with Crippen LogP contribution in [0.5, 0.6) is 0 Å². The molecule has 106 valence electrons. The molecule has 0 amide bonds. The summed E-state index contributed by atoms with van der Waals surface area (Å²) in [6, 6.07) is 13.1. The molecule has 0 bridgehead atoms. The van der Waals surface area contributed by atoms with Gasteiger partial charge in [-0.1, -0.05) is 30.3 Å². The van der Waals surface area contributed by atoms with Gasteiger partial charge in [-0.25, -0.2) is 4.39 Å². The molecule has 1 unspecified atom stereocenters. The molecule has 0 aromatic heterocycles. The van der Waals surface area contributed by atoms with Crippen molar-refractivity contribution in [2.75, 3.05) is 6.54 Å². The lowest BCUT2D eigenvalue weighted by atomic mass is 9.89. The van der Waals surface area contributed by atoms with Crippen LogP contribution in [-0.2, 0) is 12.8 Å². The third kappa shape index (κ3) is 3.67. The van der Waals surface area contributed by atoms with Crippen molar-refractivity contribution in [3.8, 4) is 0 Å². The molecule has 0 heterocycles. The minimum absolute atomic E-state index is 0.187. The molecule has 0 saturated heterocycles. The van der Waals surface area contributed by atoms with Gasteiger partial charge in [-0.15, -0.1) is 0 Å². The van der Waals surface area contributed by atoms with Crippen LogP contribution in [-0.4, -0.2) is 6.54 Å². The highest BCUT2D eigenvalue weighted by Gasteiger charge is 2.12. The van der Waals surface area contributed by atoms with Gasteiger partial charge in [-0.05, 0) is 73.5 Å². The van der Waals surface area contributed by atoms with Crippen molar-refractivity contribution in [2.24, 2.45) is 11.7 Å². The summed E-state index contributed by atoms with van der Waals surface area (Å²) >= 11 is 0. The van der Waals surface area contributed by atoms with E-state index < -0.39 is 0 Å². The SMILES string of the molecule is Cc1cccc(C)c1CC(CN)Cc1ccc(F)cc1. The van der Waals surface area contributed by atoms with Crippen molar-refractivity contribution in [3.05, 3.63) is 70.5 Å². The first-order chi connectivity index (χ1) is 9.60. The van der Waals surface area contributed by atoms with E-state index in [1.165, 1.54) is 28.8 Å². The van der Waals surface area contributed by atoms with Crippen LogP contribution >= 0.6 is 0 Å². The molecule has 0 aliphatic rings. The molecule has 2 aromatic rings. The third-order valence-electron chi connectivity index (χ3n) is 3.91. The Labute approximate surface area is 120 Å². The van der Waals surface area contributed by atoms with Crippen LogP contribution in [0.15, 0.2) is 42.5 Å². The van der Waals surface area contributed by atoms with Crippen molar-refractivity contribution in [1.82, 2.24) is 0 Å². The van der Waals surface area contributed by atoms with Gasteiger partial charge in [0, 0.05) is 0 Å². The van der Waals surface area contributed by atoms with Gasteiger partial charge in [0.15, 0.2) is 0 Å². The number of benzene rings is 2. The molecule has 2 rings (SSSR count). The van der Waals surface area contributed by atoms with Crippen LogP contribution in [0.1, 0.15) is 22.3 Å². The first kappa shape index (κ1) is 14.7. The number of halogens is 1. The zero-order valence-corrected chi connectivity index (χ0v) is 12.2. The van der Waals surface area contributed by atoms with E-state index >= 15 is 0 Å². The smallest absolute Gasteiger partial charge is 0.123 e. The molecule has 20 heavy (non-hydrogen) atoms. The molecule has 0 saturated carbocycles. The number of aryl methyl sites for hydroxylation is 2. The van der Waals surface area contributed by atoms with E-state index in [1.807, 2.05) is 12.1 Å². The molecule has 2 aromatic carbocycles. The molecular weight excluding hydrogens is 249 g/mol. The van der Waals surface area contributed by atoms with E-state index in [9.17, 15) is 4.39 Å². The normalized spacial score (nSPS) is 12.4. The second-order valence-corrected chi connectivity index (χ2v) is 5.51. The van der Waals surface area contributed by atoms with Crippen molar-refractivity contribution in [1.29, 1.82) is 0 Å². The number of rotatable bonds is 5. The Morgan fingerprint density at radius 3 is 2.10 bits per heavy atom. The highest BCUT2D eigenvalue weighted by molar-refractivity contribution is 5.34. The molecule has 0 spiro atoms. The van der Waals surface area contributed by atoms with E-state index in [0.717, 1.165) is 18.4 Å². The first-order valence-corrected chi connectivity index (χ1v) is 7.09. The van der Waals surface area contributed by atoms with Gasteiger partial charge in [0.25, 0.3) is 0 Å². The maximum atomic E-state index is 12.9. The second-order valence-electron chi connectivity index (χ2n) is 5.51. The van der Waals surface area contributed by atoms with Gasteiger partial charge in [0.05, 0.1) is 0 Å². The fourth-order valence-electron chi connectivity index (χ4n) is 2.65. The van der Waals surface area contributed by atoms with Crippen LogP contribution in [0.3, 0.4) is 0 Å². The van der Waals surface area contributed by atoms with Crippen molar-refractivity contribution in [3.63, 3.8) is 0 Å². The molecule has 0 radical (unpaired) electrons. The predicted octanol–water partition coefficient (Wildman–Crippen LogP) is 3.80. The van der Waals surface area contributed by atoms with Gasteiger partial charge >= 0.3 is 0 Å². The van der Waals surface area contributed by atoms with Gasteiger partial charge in [0.2, 0.25) is 0 Å². The maximum absolute atomic E-state index is 12.9. The molecular formula is C18H22FN. The summed E-state index contributed by atoms with van der Waals surface area (Å²) in [6.07, 6.45) is 1.87. The zero-order valence-electron chi connectivity index (χ0n) is 12.2. The lowest BCUT2D eigenvalue weighted by molar-refractivity contribution is 0.530. The second kappa shape index (κ2) is 6.67. The quantitative estimate of drug-likeness (QED) is 0.879. The van der Waals surface area contributed by atoms with Crippen molar-refractivity contribution < 1.29 is 4.39 Å². The summed E-state index contributed by atoms with van der Waals surface area (Å²) in [4.78, 5) is 0. The molecule has 1 nitrogen and oxygen atoms in total. The summed E-state index contributed by atoms with van der Waals surface area (Å²) in [7, 11) is 0. The Kier molecular flexibility index (Phi) is 4.91. The molecule has 0 aliphatic heterocycles. The molecule has 0 fully saturated rings. The highest BCUT2D eigenvalue weighted by Crippen LogP contribution is 2.20. The largest absolute Gasteiger partial charge is 0.330 e. The van der Waals surface area contributed by atoms with E-state index in [1.54, 1.807) is 0 Å². The highest BCUT2D eigenvalue weighted by atomic mass is 19.1. The van der Waals surface area contributed by atoms with E-state index in [-0.39, 0.29) is 5.82 Å². The van der Waals surface area contributed by atoms with Crippen molar-refractivity contribution in [2.45, 2.75) is 26.7 Å². The third-order valence-corrected chi connectivity index (χ3v) is 3.91. The summed E-state index contributed by atoms with van der Waals surface area (Å²) in [5.41, 5.74) is 11.1. The number of hydrogen-bond donors (Lipinski definition) is 1. The molecule has 0 aliphatic carbocycles. The minimum Gasteiger partial charge on any atom is -0.330 e. The minimum atomic E-state index is -0.187. The van der Waals surface area contributed by atoms with Crippen LogP contribution < -0.4 is 5.73 Å². The van der Waals surface area contributed by atoms with Gasteiger partial charge < -0.3 is 5.73 Å². The Morgan fingerprint density at radius 1 is 0.950 bits per heavy atom. The monoisotopic (exact) mass is 271 g/mol.